The molecule has 0 fully saturated rings. The minimum Gasteiger partial charge on any atom is -0.329 e. The molecule has 0 aliphatic rings. The molecule has 0 heterocycles. The Labute approximate surface area is 118 Å². The van der Waals surface area contributed by atoms with Gasteiger partial charge in [0.25, 0.3) is 0 Å². The Morgan fingerprint density at radius 1 is 1.33 bits per heavy atom. The van der Waals surface area contributed by atoms with Gasteiger partial charge in [-0.05, 0) is 24.6 Å². The maximum Gasteiger partial charge on any atom is 0.218 e. The zero-order valence-electron chi connectivity index (χ0n) is 10.2. The molecule has 0 radical (unpaired) electrons. The van der Waals surface area contributed by atoms with Crippen LogP contribution >= 0.6 is 23.2 Å². The van der Waals surface area contributed by atoms with Gasteiger partial charge in [0.05, 0.1) is 15.8 Å². The van der Waals surface area contributed by atoms with Crippen LogP contribution in [0.25, 0.3) is 0 Å². The van der Waals surface area contributed by atoms with Crippen molar-refractivity contribution >= 4 is 33.2 Å². The molecule has 1 aromatic rings. The lowest BCUT2D eigenvalue weighted by Gasteiger charge is -2.23. The first kappa shape index (κ1) is 15.7. The van der Waals surface area contributed by atoms with Crippen molar-refractivity contribution in [2.24, 2.45) is 5.73 Å². The van der Waals surface area contributed by atoms with Crippen molar-refractivity contribution in [1.82, 2.24) is 4.31 Å². The van der Waals surface area contributed by atoms with Crippen molar-refractivity contribution in [2.75, 3.05) is 13.6 Å². The molecule has 0 aliphatic carbocycles. The van der Waals surface area contributed by atoms with Gasteiger partial charge >= 0.3 is 0 Å². The number of nitrogens with zero attached hydrogens (tertiary/aromatic N) is 1. The van der Waals surface area contributed by atoms with Gasteiger partial charge in [0.15, 0.2) is 0 Å². The van der Waals surface area contributed by atoms with E-state index in [9.17, 15) is 8.42 Å². The lowest BCUT2D eigenvalue weighted by molar-refractivity contribution is 0.394. The van der Waals surface area contributed by atoms with Crippen LogP contribution in [0, 0.1) is 0 Å². The van der Waals surface area contributed by atoms with Crippen molar-refractivity contribution in [3.63, 3.8) is 0 Å². The average Bonchev–Trinajstić information content (AvgIpc) is 2.31. The van der Waals surface area contributed by atoms with Crippen LogP contribution in [0.1, 0.15) is 12.5 Å². The summed E-state index contributed by atoms with van der Waals surface area (Å²) in [4.78, 5) is 0. The quantitative estimate of drug-likeness (QED) is 0.906. The van der Waals surface area contributed by atoms with E-state index in [0.29, 0.717) is 15.6 Å². The number of hydrogen-bond donors (Lipinski definition) is 1. The summed E-state index contributed by atoms with van der Waals surface area (Å²) in [5, 5.41) is 0.750. The molecule has 1 rings (SSSR count). The second-order valence-electron chi connectivity index (χ2n) is 4.11. The Kier molecular flexibility index (Phi) is 5.43. The zero-order chi connectivity index (χ0) is 13.9. The Bertz CT molecular complexity index is 520. The SMILES string of the molecule is CC(CN)N(C)S(=O)(=O)Cc1ccc(Cl)c(Cl)c1. The molecule has 0 amide bonds. The molecule has 7 heteroatoms. The molecular weight excluding hydrogens is 295 g/mol. The molecule has 0 aromatic heterocycles. The molecule has 1 unspecified atom stereocenters. The third-order valence-electron chi connectivity index (χ3n) is 2.73. The predicted molar refractivity (Wildman–Crippen MR) is 75.4 cm³/mol. The average molecular weight is 311 g/mol. The van der Waals surface area contributed by atoms with Crippen molar-refractivity contribution in [3.8, 4) is 0 Å². The highest BCUT2D eigenvalue weighted by atomic mass is 35.5. The smallest absolute Gasteiger partial charge is 0.218 e. The number of benzene rings is 1. The zero-order valence-corrected chi connectivity index (χ0v) is 12.6. The fourth-order valence-corrected chi connectivity index (χ4v) is 3.12. The van der Waals surface area contributed by atoms with Crippen molar-refractivity contribution in [1.29, 1.82) is 0 Å². The van der Waals surface area contributed by atoms with Gasteiger partial charge in [-0.25, -0.2) is 12.7 Å². The van der Waals surface area contributed by atoms with E-state index in [0.717, 1.165) is 0 Å². The molecule has 2 N–H and O–H groups in total. The number of likely N-dealkylation sites (N-methyl/N-ethyl adjacent to an activating group) is 1. The molecule has 1 atom stereocenters. The largest absolute Gasteiger partial charge is 0.329 e. The molecule has 102 valence electrons. The van der Waals surface area contributed by atoms with Crippen LogP contribution in [0.3, 0.4) is 0 Å². The maximum absolute atomic E-state index is 12.1. The van der Waals surface area contributed by atoms with Gasteiger partial charge in [0.1, 0.15) is 0 Å². The molecule has 0 spiro atoms. The van der Waals surface area contributed by atoms with Crippen LogP contribution in [-0.2, 0) is 15.8 Å². The standard InChI is InChI=1S/C11H16Cl2N2O2S/c1-8(6-14)15(2)18(16,17)7-9-3-4-10(12)11(13)5-9/h3-5,8H,6-7,14H2,1-2H3. The molecular formula is C11H16Cl2N2O2S. The van der Waals surface area contributed by atoms with E-state index >= 15 is 0 Å². The summed E-state index contributed by atoms with van der Waals surface area (Å²) in [5.41, 5.74) is 6.06. The fraction of sp³-hybridized carbons (Fsp3) is 0.455. The lowest BCUT2D eigenvalue weighted by atomic mass is 10.2. The molecule has 0 saturated heterocycles. The summed E-state index contributed by atoms with van der Waals surface area (Å²) in [5.74, 6) is -0.120. The monoisotopic (exact) mass is 310 g/mol. The van der Waals surface area contributed by atoms with Gasteiger partial charge in [0, 0.05) is 19.6 Å². The Hall–Kier alpha value is -0.330. The highest BCUT2D eigenvalue weighted by Gasteiger charge is 2.22. The summed E-state index contributed by atoms with van der Waals surface area (Å²) in [6.45, 7) is 2.03. The first-order valence-corrected chi connectivity index (χ1v) is 7.74. The highest BCUT2D eigenvalue weighted by molar-refractivity contribution is 7.88. The second kappa shape index (κ2) is 6.21. The fourth-order valence-electron chi connectivity index (χ4n) is 1.36. The summed E-state index contributed by atoms with van der Waals surface area (Å²) < 4.78 is 25.5. The minimum atomic E-state index is -3.40. The highest BCUT2D eigenvalue weighted by Crippen LogP contribution is 2.24. The van der Waals surface area contributed by atoms with Gasteiger partial charge < -0.3 is 5.73 Å². The Balaban J connectivity index is 2.92. The number of hydrogen-bond acceptors (Lipinski definition) is 3. The second-order valence-corrected chi connectivity index (χ2v) is 6.95. The summed E-state index contributed by atoms with van der Waals surface area (Å²) in [6.07, 6.45) is 0. The topological polar surface area (TPSA) is 63.4 Å². The Morgan fingerprint density at radius 3 is 2.44 bits per heavy atom. The molecule has 0 bridgehead atoms. The van der Waals surface area contributed by atoms with Gasteiger partial charge in [-0.15, -0.1) is 0 Å². The summed E-state index contributed by atoms with van der Waals surface area (Å²) in [7, 11) is -1.88. The van der Waals surface area contributed by atoms with E-state index in [1.54, 1.807) is 25.1 Å². The van der Waals surface area contributed by atoms with Crippen LogP contribution in [-0.4, -0.2) is 32.4 Å². The van der Waals surface area contributed by atoms with Crippen molar-refractivity contribution in [2.45, 2.75) is 18.7 Å². The lowest BCUT2D eigenvalue weighted by Crippen LogP contribution is -2.40. The molecule has 4 nitrogen and oxygen atoms in total. The predicted octanol–water partition coefficient (Wildman–Crippen LogP) is 2.10. The van der Waals surface area contributed by atoms with Crippen molar-refractivity contribution in [3.05, 3.63) is 33.8 Å². The van der Waals surface area contributed by atoms with E-state index in [1.807, 2.05) is 0 Å². The number of nitrogens with two attached hydrogens (primary N) is 1. The van der Waals surface area contributed by atoms with Crippen LogP contribution in [0.4, 0.5) is 0 Å². The third-order valence-corrected chi connectivity index (χ3v) is 5.41. The maximum atomic E-state index is 12.1. The summed E-state index contributed by atoms with van der Waals surface area (Å²) >= 11 is 11.6. The van der Waals surface area contributed by atoms with Crippen LogP contribution < -0.4 is 5.73 Å². The van der Waals surface area contributed by atoms with E-state index < -0.39 is 10.0 Å². The first-order valence-electron chi connectivity index (χ1n) is 5.37. The van der Waals surface area contributed by atoms with Crippen LogP contribution in [0.15, 0.2) is 18.2 Å². The van der Waals surface area contributed by atoms with Gasteiger partial charge in [-0.1, -0.05) is 29.3 Å². The van der Waals surface area contributed by atoms with E-state index in [4.69, 9.17) is 28.9 Å². The Morgan fingerprint density at radius 2 is 1.94 bits per heavy atom. The normalized spacial score (nSPS) is 13.9. The number of halogens is 2. The van der Waals surface area contributed by atoms with E-state index in [-0.39, 0.29) is 18.3 Å². The number of sulfonamides is 1. The van der Waals surface area contributed by atoms with E-state index in [2.05, 4.69) is 0 Å². The van der Waals surface area contributed by atoms with Crippen LogP contribution in [0.5, 0.6) is 0 Å². The molecule has 1 aromatic carbocycles. The van der Waals surface area contributed by atoms with Gasteiger partial charge in [-0.3, -0.25) is 0 Å². The summed E-state index contributed by atoms with van der Waals surface area (Å²) in [6, 6.07) is 4.55. The van der Waals surface area contributed by atoms with E-state index in [1.165, 1.54) is 11.4 Å². The van der Waals surface area contributed by atoms with Crippen molar-refractivity contribution < 1.29 is 8.42 Å². The molecule has 18 heavy (non-hydrogen) atoms. The van der Waals surface area contributed by atoms with Gasteiger partial charge in [0.2, 0.25) is 10.0 Å². The minimum absolute atomic E-state index is 0.120. The number of rotatable bonds is 5. The molecule has 0 aliphatic heterocycles. The first-order chi connectivity index (χ1) is 8.27. The van der Waals surface area contributed by atoms with Crippen LogP contribution in [0.2, 0.25) is 10.0 Å². The molecule has 0 saturated carbocycles. The van der Waals surface area contributed by atoms with Gasteiger partial charge in [-0.2, -0.15) is 0 Å². The third kappa shape index (κ3) is 3.83.